The lowest BCUT2D eigenvalue weighted by Gasteiger charge is -2.53. The number of carbonyl (C=O) groups is 2. The number of anilines is 1. The van der Waals surface area contributed by atoms with Crippen LogP contribution in [-0.4, -0.2) is 40.5 Å². The summed E-state index contributed by atoms with van der Waals surface area (Å²) in [5.74, 6) is -0.442. The Morgan fingerprint density at radius 2 is 2.11 bits per heavy atom. The van der Waals surface area contributed by atoms with E-state index in [1.807, 2.05) is 26.0 Å². The molecule has 3 aliphatic heterocycles. The molecule has 2 fully saturated rings. The fraction of sp³-hybridized carbons (Fsp3) is 0.571. The predicted molar refractivity (Wildman–Crippen MR) is 115 cm³/mol. The highest BCUT2D eigenvalue weighted by Gasteiger charge is 2.61. The number of hydrogen-bond donors (Lipinski definition) is 1. The first-order chi connectivity index (χ1) is 13.4. The van der Waals surface area contributed by atoms with Crippen LogP contribution in [0.25, 0.3) is 0 Å². The molecule has 2 saturated heterocycles. The van der Waals surface area contributed by atoms with Crippen molar-refractivity contribution in [1.82, 2.24) is 10.2 Å². The van der Waals surface area contributed by atoms with Crippen molar-refractivity contribution >= 4 is 46.4 Å². The molecule has 3 heterocycles. The average Bonchev–Trinajstić information content (AvgIpc) is 2.93. The average molecular weight is 420 g/mol. The first-order valence-corrected chi connectivity index (χ1v) is 10.9. The number of nitrogens with one attached hydrogen (secondary N) is 1. The number of nitrogens with zero attached hydrogens (tertiary/aromatic N) is 2. The van der Waals surface area contributed by atoms with Crippen molar-refractivity contribution in [3.63, 3.8) is 0 Å². The van der Waals surface area contributed by atoms with Gasteiger partial charge in [0.25, 0.3) is 0 Å². The standard InChI is InChI=1S/C21H26ClN3O2S/c1-3-13(2)25-19(27)21(18(26)23-20(25)28)12-14-15(22)8-7-9-16(14)24-11-6-4-5-10-17(21)24/h7-9,13,17H,3-6,10-12H2,1-2H3,(H,23,26,28)/t13-,17-,21+/m0/s1. The van der Waals surface area contributed by atoms with Crippen molar-refractivity contribution in [3.8, 4) is 0 Å². The first-order valence-electron chi connectivity index (χ1n) is 10.1. The van der Waals surface area contributed by atoms with E-state index in [1.165, 1.54) is 0 Å². The molecule has 4 rings (SSSR count). The second-order valence-electron chi connectivity index (χ2n) is 8.14. The number of amides is 2. The number of halogens is 1. The molecule has 5 nitrogen and oxygen atoms in total. The number of fused-ring (bicyclic) bond motifs is 4. The Morgan fingerprint density at radius 1 is 1.32 bits per heavy atom. The lowest BCUT2D eigenvalue weighted by atomic mass is 9.67. The minimum atomic E-state index is -1.19. The Hall–Kier alpha value is -1.66. The second kappa shape index (κ2) is 7.30. The van der Waals surface area contributed by atoms with E-state index in [0.29, 0.717) is 11.4 Å². The maximum absolute atomic E-state index is 13.9. The Labute approximate surface area is 176 Å². The van der Waals surface area contributed by atoms with Gasteiger partial charge in [0, 0.05) is 29.7 Å². The summed E-state index contributed by atoms with van der Waals surface area (Å²) in [5.41, 5.74) is 0.769. The number of benzene rings is 1. The summed E-state index contributed by atoms with van der Waals surface area (Å²) < 4.78 is 0. The highest BCUT2D eigenvalue weighted by Crippen LogP contribution is 2.49. The van der Waals surface area contributed by atoms with Crippen molar-refractivity contribution in [2.45, 2.75) is 64.5 Å². The van der Waals surface area contributed by atoms with Gasteiger partial charge < -0.3 is 10.2 Å². The van der Waals surface area contributed by atoms with Crippen LogP contribution in [0, 0.1) is 5.41 Å². The van der Waals surface area contributed by atoms with Crippen LogP contribution in [0.5, 0.6) is 0 Å². The maximum atomic E-state index is 13.9. The van der Waals surface area contributed by atoms with Crippen LogP contribution in [0.2, 0.25) is 5.02 Å². The number of thiocarbonyl (C=S) groups is 1. The SMILES string of the molecule is CC[C@H](C)N1C(=O)[C@@]2(Cc3c(Cl)cccc3N3CCCCC[C@H]32)C(=O)NC1=S. The molecule has 1 aromatic carbocycles. The molecule has 28 heavy (non-hydrogen) atoms. The van der Waals surface area contributed by atoms with Gasteiger partial charge in [0.2, 0.25) is 11.8 Å². The van der Waals surface area contributed by atoms with Crippen molar-refractivity contribution in [2.75, 3.05) is 11.4 Å². The third-order valence-corrected chi connectivity index (χ3v) is 7.31. The van der Waals surface area contributed by atoms with Crippen LogP contribution in [0.1, 0.15) is 51.5 Å². The van der Waals surface area contributed by atoms with E-state index in [0.717, 1.165) is 49.9 Å². The molecule has 1 spiro atoms. The van der Waals surface area contributed by atoms with Crippen LogP contribution in [0.3, 0.4) is 0 Å². The highest BCUT2D eigenvalue weighted by molar-refractivity contribution is 7.80. The fourth-order valence-corrected chi connectivity index (χ4v) is 5.59. The van der Waals surface area contributed by atoms with Crippen LogP contribution in [0.15, 0.2) is 18.2 Å². The monoisotopic (exact) mass is 419 g/mol. The van der Waals surface area contributed by atoms with E-state index in [2.05, 4.69) is 16.3 Å². The van der Waals surface area contributed by atoms with Crippen molar-refractivity contribution < 1.29 is 9.59 Å². The number of rotatable bonds is 2. The first kappa shape index (κ1) is 19.6. The van der Waals surface area contributed by atoms with Gasteiger partial charge in [0.1, 0.15) is 0 Å². The topological polar surface area (TPSA) is 52.7 Å². The molecule has 0 bridgehead atoms. The summed E-state index contributed by atoms with van der Waals surface area (Å²) in [7, 11) is 0. The molecular weight excluding hydrogens is 394 g/mol. The molecule has 1 aromatic rings. The number of hydrogen-bond acceptors (Lipinski definition) is 4. The Morgan fingerprint density at radius 3 is 2.86 bits per heavy atom. The summed E-state index contributed by atoms with van der Waals surface area (Å²) >= 11 is 11.9. The van der Waals surface area contributed by atoms with Gasteiger partial charge in [-0.1, -0.05) is 37.4 Å². The molecule has 3 atom stereocenters. The van der Waals surface area contributed by atoms with Crippen molar-refractivity contribution in [2.24, 2.45) is 5.41 Å². The lowest BCUT2D eigenvalue weighted by molar-refractivity contribution is -0.153. The molecule has 0 saturated carbocycles. The van der Waals surface area contributed by atoms with Gasteiger partial charge in [-0.15, -0.1) is 0 Å². The van der Waals surface area contributed by atoms with Gasteiger partial charge in [-0.2, -0.15) is 0 Å². The Kier molecular flexibility index (Phi) is 5.12. The van der Waals surface area contributed by atoms with Gasteiger partial charge >= 0.3 is 0 Å². The normalized spacial score (nSPS) is 28.5. The van der Waals surface area contributed by atoms with Gasteiger partial charge in [-0.3, -0.25) is 14.5 Å². The van der Waals surface area contributed by atoms with Gasteiger partial charge in [0.15, 0.2) is 10.5 Å². The molecule has 0 unspecified atom stereocenters. The summed E-state index contributed by atoms with van der Waals surface area (Å²) in [6.45, 7) is 4.83. The second-order valence-corrected chi connectivity index (χ2v) is 8.93. The highest BCUT2D eigenvalue weighted by atomic mass is 35.5. The van der Waals surface area contributed by atoms with Crippen LogP contribution >= 0.6 is 23.8 Å². The molecular formula is C21H26ClN3O2S. The minimum Gasteiger partial charge on any atom is -0.367 e. The molecule has 3 aliphatic rings. The summed E-state index contributed by atoms with van der Waals surface area (Å²) in [6.07, 6.45) is 5.05. The van der Waals surface area contributed by atoms with Gasteiger partial charge in [-0.05, 0) is 56.1 Å². The largest absolute Gasteiger partial charge is 0.367 e. The third kappa shape index (κ3) is 2.76. The van der Waals surface area contributed by atoms with E-state index in [-0.39, 0.29) is 29.0 Å². The quantitative estimate of drug-likeness (QED) is 0.587. The van der Waals surface area contributed by atoms with Crippen LogP contribution in [-0.2, 0) is 16.0 Å². The molecule has 1 N–H and O–H groups in total. The van der Waals surface area contributed by atoms with Crippen molar-refractivity contribution in [1.29, 1.82) is 0 Å². The van der Waals surface area contributed by atoms with Crippen molar-refractivity contribution in [3.05, 3.63) is 28.8 Å². The Balaban J connectivity index is 1.90. The summed E-state index contributed by atoms with van der Waals surface area (Å²) in [4.78, 5) is 31.2. The number of carbonyl (C=O) groups excluding carboxylic acids is 2. The van der Waals surface area contributed by atoms with E-state index < -0.39 is 5.41 Å². The predicted octanol–water partition coefficient (Wildman–Crippen LogP) is 3.67. The molecule has 0 aliphatic carbocycles. The zero-order valence-corrected chi connectivity index (χ0v) is 17.9. The van der Waals surface area contributed by atoms with E-state index in [1.54, 1.807) is 4.90 Å². The molecule has 7 heteroatoms. The summed E-state index contributed by atoms with van der Waals surface area (Å²) in [5, 5.41) is 3.70. The van der Waals surface area contributed by atoms with Crippen LogP contribution in [0.4, 0.5) is 5.69 Å². The zero-order chi connectivity index (χ0) is 20.1. The molecule has 0 aromatic heterocycles. The third-order valence-electron chi connectivity index (χ3n) is 6.66. The van der Waals surface area contributed by atoms with E-state index in [4.69, 9.17) is 23.8 Å². The zero-order valence-electron chi connectivity index (χ0n) is 16.3. The van der Waals surface area contributed by atoms with Crippen LogP contribution < -0.4 is 10.2 Å². The molecule has 2 amide bonds. The lowest BCUT2D eigenvalue weighted by Crippen LogP contribution is -2.73. The molecule has 0 radical (unpaired) electrons. The fourth-order valence-electron chi connectivity index (χ4n) is 5.00. The minimum absolute atomic E-state index is 0.0654. The van der Waals surface area contributed by atoms with Gasteiger partial charge in [-0.25, -0.2) is 0 Å². The smallest absolute Gasteiger partial charge is 0.247 e. The Bertz CT molecular complexity index is 845. The van der Waals surface area contributed by atoms with Gasteiger partial charge in [0.05, 0.1) is 6.04 Å². The summed E-state index contributed by atoms with van der Waals surface area (Å²) in [6, 6.07) is 5.61. The molecule has 150 valence electrons. The van der Waals surface area contributed by atoms with E-state index >= 15 is 0 Å². The maximum Gasteiger partial charge on any atom is 0.247 e. The van der Waals surface area contributed by atoms with E-state index in [9.17, 15) is 9.59 Å².